The molecule has 3 heterocycles. The summed E-state index contributed by atoms with van der Waals surface area (Å²) in [7, 11) is 0. The van der Waals surface area contributed by atoms with Crippen LogP contribution >= 0.6 is 0 Å². The molecule has 9 rings (SSSR count). The highest BCUT2D eigenvalue weighted by molar-refractivity contribution is 5.85. The van der Waals surface area contributed by atoms with E-state index < -0.39 is 5.41 Å². The van der Waals surface area contributed by atoms with Crippen LogP contribution in [0.15, 0.2) is 122 Å². The zero-order valence-corrected chi connectivity index (χ0v) is 21.9. The second-order valence-corrected chi connectivity index (χ2v) is 10.8. The van der Waals surface area contributed by atoms with Gasteiger partial charge in [-0.1, -0.05) is 72.8 Å². The summed E-state index contributed by atoms with van der Waals surface area (Å²) < 4.78 is 6.72. The number of hydrogen-bond donors (Lipinski definition) is 0. The predicted molar refractivity (Wildman–Crippen MR) is 157 cm³/mol. The average molecular weight is 524 g/mol. The van der Waals surface area contributed by atoms with Crippen LogP contribution in [0.25, 0.3) is 22.5 Å². The number of hydrogen-bond acceptors (Lipinski definition) is 4. The predicted octanol–water partition coefficient (Wildman–Crippen LogP) is 7.98. The topological polar surface area (TPSA) is 58.8 Å². The van der Waals surface area contributed by atoms with Gasteiger partial charge in [-0.05, 0) is 75.3 Å². The zero-order chi connectivity index (χ0) is 27.1. The van der Waals surface area contributed by atoms with E-state index in [4.69, 9.17) is 14.7 Å². The maximum Gasteiger partial charge on any atom is 0.132 e. The minimum Gasteiger partial charge on any atom is -0.457 e. The fourth-order valence-corrected chi connectivity index (χ4v) is 7.39. The van der Waals surface area contributed by atoms with Crippen molar-refractivity contribution in [2.24, 2.45) is 0 Å². The molecule has 0 fully saturated rings. The van der Waals surface area contributed by atoms with Crippen LogP contribution in [0.4, 0.5) is 0 Å². The Kier molecular flexibility index (Phi) is 4.35. The van der Waals surface area contributed by atoms with E-state index in [0.717, 1.165) is 56.3 Å². The van der Waals surface area contributed by atoms with Gasteiger partial charge in [0.2, 0.25) is 0 Å². The zero-order valence-electron chi connectivity index (χ0n) is 21.9. The molecule has 1 spiro atoms. The van der Waals surface area contributed by atoms with Gasteiger partial charge in [-0.3, -0.25) is 9.97 Å². The molecular formula is C37H21N3O. The van der Waals surface area contributed by atoms with Gasteiger partial charge in [0.15, 0.2) is 0 Å². The van der Waals surface area contributed by atoms with Crippen LogP contribution in [0, 0.1) is 11.3 Å². The summed E-state index contributed by atoms with van der Waals surface area (Å²) in [5.74, 6) is 1.73. The Hall–Kier alpha value is -5.53. The molecule has 4 heteroatoms. The minimum atomic E-state index is -0.580. The van der Waals surface area contributed by atoms with Crippen LogP contribution in [0.2, 0.25) is 0 Å². The summed E-state index contributed by atoms with van der Waals surface area (Å²) in [4.78, 5) is 9.63. The first-order valence-corrected chi connectivity index (χ1v) is 13.8. The Morgan fingerprint density at radius 3 is 2.10 bits per heavy atom. The first kappa shape index (κ1) is 22.3. The lowest BCUT2D eigenvalue weighted by molar-refractivity contribution is 0.435. The lowest BCUT2D eigenvalue weighted by Gasteiger charge is -2.39. The number of nitriles is 1. The van der Waals surface area contributed by atoms with Crippen molar-refractivity contribution in [2.45, 2.75) is 11.3 Å². The molecule has 1 aliphatic heterocycles. The molecule has 2 aliphatic carbocycles. The molecule has 0 N–H and O–H groups in total. The van der Waals surface area contributed by atoms with Crippen LogP contribution in [0.1, 0.15) is 50.4 Å². The van der Waals surface area contributed by atoms with E-state index >= 15 is 0 Å². The minimum absolute atomic E-state index is 0.0439. The van der Waals surface area contributed by atoms with Crippen molar-refractivity contribution >= 4 is 0 Å². The van der Waals surface area contributed by atoms with E-state index in [0.29, 0.717) is 5.56 Å². The van der Waals surface area contributed by atoms with Crippen molar-refractivity contribution in [1.82, 2.24) is 9.97 Å². The van der Waals surface area contributed by atoms with Crippen LogP contribution < -0.4 is 4.74 Å². The summed E-state index contributed by atoms with van der Waals surface area (Å²) in [6.45, 7) is 0. The van der Waals surface area contributed by atoms with E-state index in [-0.39, 0.29) is 5.92 Å². The number of aromatic nitrogens is 2. The number of pyridine rings is 2. The van der Waals surface area contributed by atoms with Gasteiger partial charge in [0.05, 0.1) is 28.4 Å². The standard InChI is InChI=1S/C37H21N3O/c38-21-22-13-15-26-27(19-22)24-7-1-2-8-25(24)34(26)23-14-16-29-33(20-23)41-32-12-4-3-9-28(32)37(29)30-10-5-17-39-35(30)36-31(37)11-6-18-40-36/h1-20,34H. The first-order valence-electron chi connectivity index (χ1n) is 13.8. The van der Waals surface area contributed by atoms with E-state index in [1.165, 1.54) is 16.7 Å². The highest BCUT2D eigenvalue weighted by atomic mass is 16.5. The molecular weight excluding hydrogens is 502 g/mol. The molecule has 4 nitrogen and oxygen atoms in total. The molecule has 2 aromatic heterocycles. The Balaban J connectivity index is 1.31. The summed E-state index contributed by atoms with van der Waals surface area (Å²) in [5.41, 5.74) is 12.3. The summed E-state index contributed by atoms with van der Waals surface area (Å²) in [6.07, 6.45) is 3.69. The lowest BCUT2D eigenvalue weighted by Crippen LogP contribution is -2.32. The molecule has 0 saturated carbocycles. The van der Waals surface area contributed by atoms with Gasteiger partial charge < -0.3 is 4.74 Å². The van der Waals surface area contributed by atoms with Crippen LogP contribution in [-0.2, 0) is 5.41 Å². The fourth-order valence-electron chi connectivity index (χ4n) is 7.39. The first-order chi connectivity index (χ1) is 20.3. The molecule has 1 unspecified atom stereocenters. The summed E-state index contributed by atoms with van der Waals surface area (Å²) in [6, 6.07) is 40.3. The molecule has 6 aromatic rings. The molecule has 1 atom stereocenters. The van der Waals surface area contributed by atoms with E-state index in [1.807, 2.05) is 42.7 Å². The molecule has 0 amide bonds. The third-order valence-corrected chi connectivity index (χ3v) is 8.96. The lowest BCUT2D eigenvalue weighted by atomic mass is 9.66. The summed E-state index contributed by atoms with van der Waals surface area (Å²) >= 11 is 0. The van der Waals surface area contributed by atoms with Gasteiger partial charge in [-0.15, -0.1) is 0 Å². The number of nitrogens with zero attached hydrogens (tertiary/aromatic N) is 3. The maximum atomic E-state index is 9.58. The quantitative estimate of drug-likeness (QED) is 0.219. The highest BCUT2D eigenvalue weighted by Crippen LogP contribution is 2.61. The Morgan fingerprint density at radius 1 is 0.610 bits per heavy atom. The average Bonchev–Trinajstić information content (AvgIpc) is 3.52. The second kappa shape index (κ2) is 8.00. The Morgan fingerprint density at radius 2 is 1.29 bits per heavy atom. The van der Waals surface area contributed by atoms with Gasteiger partial charge in [0.1, 0.15) is 11.5 Å². The maximum absolute atomic E-state index is 9.58. The smallest absolute Gasteiger partial charge is 0.132 e. The van der Waals surface area contributed by atoms with E-state index in [2.05, 4.69) is 84.9 Å². The number of fused-ring (bicyclic) bond motifs is 12. The Bertz CT molecular complexity index is 2080. The summed E-state index contributed by atoms with van der Waals surface area (Å²) in [5, 5.41) is 9.58. The van der Waals surface area contributed by atoms with Crippen molar-refractivity contribution in [2.75, 3.05) is 0 Å². The molecule has 4 aromatic carbocycles. The SMILES string of the molecule is N#Cc1ccc2c(c1)-c1ccccc1C2c1ccc2c(c1)Oc1ccccc1C21c2cccnc2-c2ncccc21. The van der Waals surface area contributed by atoms with E-state index in [1.54, 1.807) is 0 Å². The fraction of sp³-hybridized carbons (Fsp3) is 0.0541. The van der Waals surface area contributed by atoms with E-state index in [9.17, 15) is 5.26 Å². The van der Waals surface area contributed by atoms with Crippen molar-refractivity contribution in [3.63, 3.8) is 0 Å². The normalized spacial score (nSPS) is 15.9. The second-order valence-electron chi connectivity index (χ2n) is 10.8. The largest absolute Gasteiger partial charge is 0.457 e. The van der Waals surface area contributed by atoms with Crippen molar-refractivity contribution in [3.8, 4) is 40.1 Å². The third kappa shape index (κ3) is 2.77. The van der Waals surface area contributed by atoms with Gasteiger partial charge in [0, 0.05) is 29.4 Å². The van der Waals surface area contributed by atoms with Crippen LogP contribution in [0.5, 0.6) is 11.5 Å². The van der Waals surface area contributed by atoms with Crippen LogP contribution in [0.3, 0.4) is 0 Å². The van der Waals surface area contributed by atoms with Gasteiger partial charge >= 0.3 is 0 Å². The number of rotatable bonds is 1. The molecule has 0 radical (unpaired) electrons. The number of para-hydroxylation sites is 1. The third-order valence-electron chi connectivity index (χ3n) is 8.96. The van der Waals surface area contributed by atoms with Gasteiger partial charge in [0.25, 0.3) is 0 Å². The van der Waals surface area contributed by atoms with Crippen LogP contribution in [-0.4, -0.2) is 9.97 Å². The number of benzene rings is 4. The van der Waals surface area contributed by atoms with Gasteiger partial charge in [-0.25, -0.2) is 0 Å². The van der Waals surface area contributed by atoms with Crippen molar-refractivity contribution in [3.05, 3.63) is 166 Å². The van der Waals surface area contributed by atoms with Crippen molar-refractivity contribution in [1.29, 1.82) is 5.26 Å². The monoisotopic (exact) mass is 523 g/mol. The molecule has 41 heavy (non-hydrogen) atoms. The number of ether oxygens (including phenoxy) is 1. The highest BCUT2D eigenvalue weighted by Gasteiger charge is 2.52. The van der Waals surface area contributed by atoms with Gasteiger partial charge in [-0.2, -0.15) is 5.26 Å². The molecule has 0 saturated heterocycles. The molecule has 190 valence electrons. The Labute approximate surface area is 237 Å². The van der Waals surface area contributed by atoms with Crippen molar-refractivity contribution < 1.29 is 4.74 Å². The molecule has 3 aliphatic rings. The molecule has 0 bridgehead atoms.